The van der Waals surface area contributed by atoms with Crippen LogP contribution in [-0.2, 0) is 34.9 Å². The van der Waals surface area contributed by atoms with Crippen molar-refractivity contribution in [2.75, 3.05) is 21.3 Å². The summed E-state index contributed by atoms with van der Waals surface area (Å²) in [5.74, 6) is 4.36. The molecule has 10 aromatic rings. The van der Waals surface area contributed by atoms with Gasteiger partial charge in [0.1, 0.15) is 40.2 Å². The molecule has 11 nitrogen and oxygen atoms in total. The molecule has 0 aliphatic carbocycles. The minimum absolute atomic E-state index is 0.135. The van der Waals surface area contributed by atoms with E-state index in [9.17, 15) is 25.3 Å². The van der Waals surface area contributed by atoms with Crippen LogP contribution in [-0.4, -0.2) is 46.6 Å². The van der Waals surface area contributed by atoms with Crippen LogP contribution in [0.25, 0.3) is 11.1 Å². The van der Waals surface area contributed by atoms with E-state index in [2.05, 4.69) is 88.4 Å². The Balaban J connectivity index is 0.000000170. The fourth-order valence-corrected chi connectivity index (χ4v) is 12.4. The largest absolute Gasteiger partial charge is 0.497 e. The molecule has 0 heterocycles. The van der Waals surface area contributed by atoms with Crippen LogP contribution < -0.4 is 23.7 Å². The van der Waals surface area contributed by atoms with Crippen molar-refractivity contribution in [1.82, 2.24) is 0 Å². The van der Waals surface area contributed by atoms with E-state index in [1.165, 1.54) is 53.6 Å². The summed E-state index contributed by atoms with van der Waals surface area (Å²) in [6.07, 6.45) is 0. The molecule has 0 atom stereocenters. The molecule has 0 N–H and O–H groups in total. The molecule has 0 bridgehead atoms. The van der Waals surface area contributed by atoms with Crippen molar-refractivity contribution in [3.05, 3.63) is 270 Å². The molecule has 0 saturated carbocycles. The highest BCUT2D eigenvalue weighted by Crippen LogP contribution is 2.35. The number of ether oxygens (including phenoxy) is 5. The lowest BCUT2D eigenvalue weighted by molar-refractivity contribution is 0.414. The van der Waals surface area contributed by atoms with E-state index in [1.54, 1.807) is 136 Å². The molecule has 0 spiro atoms. The SMILES string of the molecule is COc1ccc(S(=O)(=O)c2ccc(C)cc2)cc1.COc1ccc(S(=O)(=O)c2ccc(Oc3ccc(-c4ccc(C)cc4)cc3)cc2)cc1.COc1ccc(S(=O)(=O)c2ccc(Oc3ccc(C(C)(C)c4ccc(C)cc4)cc3)cc2)cc1. The van der Waals surface area contributed by atoms with Gasteiger partial charge in [0.2, 0.25) is 29.5 Å². The highest BCUT2D eigenvalue weighted by atomic mass is 32.2. The Bertz CT molecular complexity index is 4080. The summed E-state index contributed by atoms with van der Waals surface area (Å²) < 4.78 is 103. The highest BCUT2D eigenvalue weighted by molar-refractivity contribution is 7.92. The van der Waals surface area contributed by atoms with Crippen LogP contribution in [0, 0.1) is 20.8 Å². The second-order valence-electron chi connectivity index (χ2n) is 19.9. The lowest BCUT2D eigenvalue weighted by Gasteiger charge is -2.26. The van der Waals surface area contributed by atoms with Gasteiger partial charge in [-0.05, 0) is 201 Å². The molecule has 10 rings (SSSR count). The molecule has 14 heteroatoms. The van der Waals surface area contributed by atoms with Gasteiger partial charge in [-0.15, -0.1) is 0 Å². The van der Waals surface area contributed by atoms with Gasteiger partial charge < -0.3 is 23.7 Å². The fourth-order valence-electron chi connectivity index (χ4n) is 8.57. The summed E-state index contributed by atoms with van der Waals surface area (Å²) in [5.41, 5.74) is 8.04. The fraction of sp³-hybridized carbons (Fsp3) is 0.130. The van der Waals surface area contributed by atoms with E-state index in [0.717, 1.165) is 16.7 Å². The van der Waals surface area contributed by atoms with E-state index in [4.69, 9.17) is 23.7 Å². The van der Waals surface area contributed by atoms with E-state index >= 15 is 0 Å². The topological polar surface area (TPSA) is 149 Å². The van der Waals surface area contributed by atoms with Crippen molar-refractivity contribution in [2.45, 2.75) is 69.4 Å². The summed E-state index contributed by atoms with van der Waals surface area (Å²) in [6, 6.07) is 71.5. The molecule has 0 fully saturated rings. The Labute approximate surface area is 488 Å². The first-order chi connectivity index (χ1) is 39.7. The lowest BCUT2D eigenvalue weighted by Crippen LogP contribution is -2.18. The summed E-state index contributed by atoms with van der Waals surface area (Å²) in [5, 5.41) is 0. The molecule has 0 amide bonds. The van der Waals surface area contributed by atoms with E-state index in [0.29, 0.717) is 45.1 Å². The highest BCUT2D eigenvalue weighted by Gasteiger charge is 2.24. The van der Waals surface area contributed by atoms with Crippen molar-refractivity contribution in [1.29, 1.82) is 0 Å². The molecule has 83 heavy (non-hydrogen) atoms. The van der Waals surface area contributed by atoms with Crippen molar-refractivity contribution in [3.63, 3.8) is 0 Å². The maximum absolute atomic E-state index is 12.9. The third-order valence-electron chi connectivity index (χ3n) is 13.8. The first kappa shape index (κ1) is 60.2. The second-order valence-corrected chi connectivity index (χ2v) is 25.8. The van der Waals surface area contributed by atoms with Gasteiger partial charge in [-0.2, -0.15) is 0 Å². The van der Waals surface area contributed by atoms with Gasteiger partial charge in [0.25, 0.3) is 0 Å². The summed E-state index contributed by atoms with van der Waals surface area (Å²) in [7, 11) is -6.03. The summed E-state index contributed by atoms with van der Waals surface area (Å²) >= 11 is 0. The minimum Gasteiger partial charge on any atom is -0.497 e. The predicted octanol–water partition coefficient (Wildman–Crippen LogP) is 16.1. The quantitative estimate of drug-likeness (QED) is 0.0910. The number of methoxy groups -OCH3 is 3. The zero-order valence-electron chi connectivity index (χ0n) is 47.3. The number of aryl methyl sites for hydroxylation is 3. The molecule has 0 aliphatic heterocycles. The van der Waals surface area contributed by atoms with Gasteiger partial charge in [0.15, 0.2) is 0 Å². The Morgan fingerprint density at radius 3 is 0.699 bits per heavy atom. The normalized spacial score (nSPS) is 11.4. The van der Waals surface area contributed by atoms with E-state index in [1.807, 2.05) is 43.3 Å². The third-order valence-corrected chi connectivity index (χ3v) is 19.1. The third kappa shape index (κ3) is 15.0. The monoisotopic (exact) mass is 1160 g/mol. The number of hydrogen-bond donors (Lipinski definition) is 0. The van der Waals surface area contributed by atoms with Crippen LogP contribution in [0.4, 0.5) is 0 Å². The standard InChI is InChI=1S/C29H28O4S.C26H22O4S.C14H14O3S/c1-21-5-7-22(8-6-21)29(2,3)23-9-11-25(12-10-23)33-26-15-19-28(20-16-26)34(30,31)27-17-13-24(32-4)14-18-27;1-19-3-5-20(6-4-19)21-7-9-23(10-8-21)30-24-13-17-26(18-14-24)31(27,28)25-15-11-22(29-2)12-16-25;1-11-3-7-13(8-4-11)18(15,16)14-9-5-12(17-2)6-10-14/h5-20H,1-4H3;3-18H,1-2H3;3-10H,1-2H3. The van der Waals surface area contributed by atoms with Crippen LogP contribution in [0.3, 0.4) is 0 Å². The Morgan fingerprint density at radius 2 is 0.434 bits per heavy atom. The molecule has 10 aromatic carbocycles. The first-order valence-corrected chi connectivity index (χ1v) is 30.8. The molecular formula is C69H64O11S3. The van der Waals surface area contributed by atoms with Gasteiger partial charge in [0.05, 0.1) is 50.7 Å². The number of benzene rings is 10. The first-order valence-electron chi connectivity index (χ1n) is 26.3. The maximum Gasteiger partial charge on any atom is 0.206 e. The predicted molar refractivity (Wildman–Crippen MR) is 326 cm³/mol. The Kier molecular flexibility index (Phi) is 19.1. The Morgan fingerprint density at radius 1 is 0.253 bits per heavy atom. The summed E-state index contributed by atoms with van der Waals surface area (Å²) in [4.78, 5) is 1.42. The molecule has 0 saturated heterocycles. The average Bonchev–Trinajstić information content (AvgIpc) is 3.56. The number of hydrogen-bond acceptors (Lipinski definition) is 11. The minimum atomic E-state index is -3.62. The molecule has 0 aromatic heterocycles. The molecule has 0 unspecified atom stereocenters. The zero-order valence-corrected chi connectivity index (χ0v) is 49.8. The van der Waals surface area contributed by atoms with E-state index in [-0.39, 0.29) is 29.9 Å². The summed E-state index contributed by atoms with van der Waals surface area (Å²) in [6.45, 7) is 10.5. The molecular weight excluding hydrogens is 1100 g/mol. The van der Waals surface area contributed by atoms with Gasteiger partial charge in [-0.1, -0.05) is 115 Å². The van der Waals surface area contributed by atoms with Crippen molar-refractivity contribution < 1.29 is 48.9 Å². The van der Waals surface area contributed by atoms with Crippen LogP contribution in [0.5, 0.6) is 40.2 Å². The van der Waals surface area contributed by atoms with E-state index < -0.39 is 29.5 Å². The zero-order chi connectivity index (χ0) is 59.4. The maximum atomic E-state index is 12.9. The number of sulfone groups is 3. The van der Waals surface area contributed by atoms with Crippen LogP contribution in [0.1, 0.15) is 41.7 Å². The molecule has 0 radical (unpaired) electrons. The van der Waals surface area contributed by atoms with Crippen LogP contribution >= 0.6 is 0 Å². The van der Waals surface area contributed by atoms with Crippen molar-refractivity contribution >= 4 is 29.5 Å². The lowest BCUT2D eigenvalue weighted by atomic mass is 9.78. The second kappa shape index (κ2) is 26.3. The van der Waals surface area contributed by atoms with Crippen molar-refractivity contribution in [3.8, 4) is 51.4 Å². The smallest absolute Gasteiger partial charge is 0.206 e. The Hall–Kier alpha value is -8.95. The van der Waals surface area contributed by atoms with Crippen LogP contribution in [0.15, 0.2) is 272 Å². The van der Waals surface area contributed by atoms with Crippen molar-refractivity contribution in [2.24, 2.45) is 0 Å². The van der Waals surface area contributed by atoms with Crippen LogP contribution in [0.2, 0.25) is 0 Å². The van der Waals surface area contributed by atoms with Gasteiger partial charge in [-0.25, -0.2) is 25.3 Å². The van der Waals surface area contributed by atoms with Gasteiger partial charge >= 0.3 is 0 Å². The van der Waals surface area contributed by atoms with Gasteiger partial charge in [0, 0.05) is 5.41 Å². The van der Waals surface area contributed by atoms with Gasteiger partial charge in [-0.3, -0.25) is 0 Å². The average molecular weight is 1170 g/mol. The number of rotatable bonds is 16. The molecule has 424 valence electrons. The molecule has 0 aliphatic rings.